The molecule has 0 aliphatic carbocycles. The average Bonchev–Trinajstić information content (AvgIpc) is 2.29. The Kier molecular flexibility index (Phi) is 2.77. The van der Waals surface area contributed by atoms with E-state index in [9.17, 15) is 4.79 Å². The van der Waals surface area contributed by atoms with Crippen molar-refractivity contribution in [2.75, 3.05) is 0 Å². The lowest BCUT2D eigenvalue weighted by Crippen LogP contribution is -1.95. The maximum absolute atomic E-state index is 10.4. The van der Waals surface area contributed by atoms with Crippen molar-refractivity contribution in [3.05, 3.63) is 42.1 Å². The Labute approximate surface area is 89.0 Å². The maximum Gasteiger partial charge on any atom is 0.120 e. The highest BCUT2D eigenvalue weighted by atomic mass is 16.1. The number of rotatable bonds is 3. The first-order valence-corrected chi connectivity index (χ1v) is 5.09. The molecular weight excluding hydrogens is 186 g/mol. The third-order valence-corrected chi connectivity index (χ3v) is 2.63. The zero-order valence-electron chi connectivity index (χ0n) is 8.68. The van der Waals surface area contributed by atoms with Crippen LogP contribution in [0.5, 0.6) is 0 Å². The zero-order chi connectivity index (χ0) is 10.7. The minimum atomic E-state index is 0.250. The molecule has 0 saturated heterocycles. The average molecular weight is 199 g/mol. The Morgan fingerprint density at radius 1 is 1.40 bits per heavy atom. The summed E-state index contributed by atoms with van der Waals surface area (Å²) in [6.45, 7) is 2.04. The molecule has 0 fully saturated rings. The van der Waals surface area contributed by atoms with Gasteiger partial charge in [0, 0.05) is 18.0 Å². The van der Waals surface area contributed by atoms with Gasteiger partial charge in [-0.15, -0.1) is 0 Å². The van der Waals surface area contributed by atoms with Crippen molar-refractivity contribution in [1.82, 2.24) is 4.98 Å². The highest BCUT2D eigenvalue weighted by molar-refractivity contribution is 5.78. The molecule has 2 aromatic rings. The Morgan fingerprint density at radius 3 is 3.00 bits per heavy atom. The van der Waals surface area contributed by atoms with Gasteiger partial charge >= 0.3 is 0 Å². The van der Waals surface area contributed by atoms with E-state index < -0.39 is 0 Å². The van der Waals surface area contributed by atoms with E-state index >= 15 is 0 Å². The number of aldehydes is 1. The molecule has 1 aromatic heterocycles. The first kappa shape index (κ1) is 9.84. The Balaban J connectivity index is 2.42. The minimum Gasteiger partial charge on any atom is -0.303 e. The van der Waals surface area contributed by atoms with E-state index in [0.717, 1.165) is 22.8 Å². The van der Waals surface area contributed by atoms with Gasteiger partial charge in [-0.3, -0.25) is 4.98 Å². The number of hydrogen-bond acceptors (Lipinski definition) is 2. The summed E-state index contributed by atoms with van der Waals surface area (Å²) in [6.07, 6.45) is 3.37. The van der Waals surface area contributed by atoms with Crippen molar-refractivity contribution < 1.29 is 4.79 Å². The molecule has 1 heterocycles. The number of pyridine rings is 1. The molecule has 0 bridgehead atoms. The molecule has 15 heavy (non-hydrogen) atoms. The summed E-state index contributed by atoms with van der Waals surface area (Å²) in [7, 11) is 0. The highest BCUT2D eigenvalue weighted by Gasteiger charge is 2.05. The lowest BCUT2D eigenvalue weighted by molar-refractivity contribution is -0.108. The third-order valence-electron chi connectivity index (χ3n) is 2.63. The number of benzene rings is 1. The first-order chi connectivity index (χ1) is 7.31. The highest BCUT2D eigenvalue weighted by Crippen LogP contribution is 2.20. The summed E-state index contributed by atoms with van der Waals surface area (Å²) in [5, 5.41) is 1.13. The number of carbonyl (C=O) groups excluding carboxylic acids is 1. The summed E-state index contributed by atoms with van der Waals surface area (Å²) in [6, 6.07) is 10.1. The van der Waals surface area contributed by atoms with Gasteiger partial charge in [0.1, 0.15) is 6.29 Å². The predicted octanol–water partition coefficient (Wildman–Crippen LogP) is 2.93. The topological polar surface area (TPSA) is 30.0 Å². The van der Waals surface area contributed by atoms with Crippen molar-refractivity contribution in [3.8, 4) is 0 Å². The van der Waals surface area contributed by atoms with Gasteiger partial charge in [0.25, 0.3) is 0 Å². The summed E-state index contributed by atoms with van der Waals surface area (Å²) in [5.74, 6) is 0.250. The Bertz CT molecular complexity index is 479. The molecule has 0 N–H and O–H groups in total. The van der Waals surface area contributed by atoms with E-state index in [2.05, 4.69) is 11.1 Å². The minimum absolute atomic E-state index is 0.250. The molecule has 2 heteroatoms. The normalized spacial score (nSPS) is 12.6. The molecule has 1 atom stereocenters. The van der Waals surface area contributed by atoms with Crippen molar-refractivity contribution in [3.63, 3.8) is 0 Å². The van der Waals surface area contributed by atoms with Gasteiger partial charge < -0.3 is 4.79 Å². The molecule has 76 valence electrons. The lowest BCUT2D eigenvalue weighted by Gasteiger charge is -2.08. The van der Waals surface area contributed by atoms with E-state index in [1.54, 1.807) is 0 Å². The van der Waals surface area contributed by atoms with Crippen LogP contribution in [0.25, 0.3) is 10.9 Å². The van der Waals surface area contributed by atoms with E-state index in [4.69, 9.17) is 0 Å². The number of hydrogen-bond donors (Lipinski definition) is 0. The largest absolute Gasteiger partial charge is 0.303 e. The smallest absolute Gasteiger partial charge is 0.120 e. The summed E-state index contributed by atoms with van der Waals surface area (Å²) < 4.78 is 0. The second-order valence-electron chi connectivity index (χ2n) is 3.76. The van der Waals surface area contributed by atoms with E-state index in [1.807, 2.05) is 37.4 Å². The van der Waals surface area contributed by atoms with Gasteiger partial charge in [0.05, 0.1) is 5.52 Å². The van der Waals surface area contributed by atoms with Crippen LogP contribution in [0.4, 0.5) is 0 Å². The van der Waals surface area contributed by atoms with Crippen LogP contribution in [0.2, 0.25) is 0 Å². The Morgan fingerprint density at radius 2 is 2.20 bits per heavy atom. The predicted molar refractivity (Wildman–Crippen MR) is 60.8 cm³/mol. The number of carbonyl (C=O) groups is 1. The van der Waals surface area contributed by atoms with Crippen molar-refractivity contribution in [2.24, 2.45) is 0 Å². The van der Waals surface area contributed by atoms with Gasteiger partial charge in [0.2, 0.25) is 0 Å². The molecular formula is C13H13NO. The summed E-state index contributed by atoms with van der Waals surface area (Å²) in [4.78, 5) is 14.8. The number of fused-ring (bicyclic) bond motifs is 1. The van der Waals surface area contributed by atoms with E-state index in [1.165, 1.54) is 0 Å². The SMILES string of the molecule is CC(CC=O)c1cnc2ccccc2c1. The van der Waals surface area contributed by atoms with Gasteiger partial charge in [-0.05, 0) is 23.6 Å². The second kappa shape index (κ2) is 4.22. The van der Waals surface area contributed by atoms with Gasteiger partial charge in [-0.1, -0.05) is 25.1 Å². The van der Waals surface area contributed by atoms with Crippen LogP contribution in [-0.4, -0.2) is 11.3 Å². The van der Waals surface area contributed by atoms with Gasteiger partial charge in [-0.25, -0.2) is 0 Å². The second-order valence-corrected chi connectivity index (χ2v) is 3.76. The third kappa shape index (κ3) is 2.04. The van der Waals surface area contributed by atoms with E-state index in [-0.39, 0.29) is 5.92 Å². The van der Waals surface area contributed by atoms with Crippen LogP contribution in [0.15, 0.2) is 36.5 Å². The number of nitrogens with zero attached hydrogens (tertiary/aromatic N) is 1. The molecule has 2 nitrogen and oxygen atoms in total. The van der Waals surface area contributed by atoms with Crippen LogP contribution in [0, 0.1) is 0 Å². The van der Waals surface area contributed by atoms with Crippen molar-refractivity contribution >= 4 is 17.2 Å². The van der Waals surface area contributed by atoms with Gasteiger partial charge in [0.15, 0.2) is 0 Å². The summed E-state index contributed by atoms with van der Waals surface area (Å²) in [5.41, 5.74) is 2.13. The zero-order valence-corrected chi connectivity index (χ0v) is 8.68. The molecule has 0 aliphatic rings. The van der Waals surface area contributed by atoms with Gasteiger partial charge in [-0.2, -0.15) is 0 Å². The monoisotopic (exact) mass is 199 g/mol. The van der Waals surface area contributed by atoms with Crippen molar-refractivity contribution in [2.45, 2.75) is 19.3 Å². The molecule has 0 aliphatic heterocycles. The fraction of sp³-hybridized carbons (Fsp3) is 0.231. The molecule has 1 aromatic carbocycles. The van der Waals surface area contributed by atoms with Crippen LogP contribution in [0.3, 0.4) is 0 Å². The molecule has 1 unspecified atom stereocenters. The quantitative estimate of drug-likeness (QED) is 0.711. The number of aromatic nitrogens is 1. The number of para-hydroxylation sites is 1. The standard InChI is InChI=1S/C13H13NO/c1-10(6-7-15)12-8-11-4-2-3-5-13(11)14-9-12/h2-5,7-10H,6H2,1H3. The fourth-order valence-electron chi connectivity index (χ4n) is 1.64. The first-order valence-electron chi connectivity index (χ1n) is 5.09. The van der Waals surface area contributed by atoms with Crippen LogP contribution in [-0.2, 0) is 4.79 Å². The van der Waals surface area contributed by atoms with Crippen molar-refractivity contribution in [1.29, 1.82) is 0 Å². The van der Waals surface area contributed by atoms with E-state index in [0.29, 0.717) is 6.42 Å². The van der Waals surface area contributed by atoms with Crippen LogP contribution >= 0.6 is 0 Å². The Hall–Kier alpha value is -1.70. The maximum atomic E-state index is 10.4. The molecule has 0 spiro atoms. The fourth-order valence-corrected chi connectivity index (χ4v) is 1.64. The molecule has 0 saturated carbocycles. The molecule has 2 rings (SSSR count). The lowest BCUT2D eigenvalue weighted by atomic mass is 9.99. The van der Waals surface area contributed by atoms with Crippen LogP contribution < -0.4 is 0 Å². The molecule has 0 radical (unpaired) electrons. The van der Waals surface area contributed by atoms with Crippen LogP contribution in [0.1, 0.15) is 24.8 Å². The molecule has 0 amide bonds. The summed E-state index contributed by atoms with van der Waals surface area (Å²) >= 11 is 0.